The van der Waals surface area contributed by atoms with Gasteiger partial charge in [0.15, 0.2) is 12.2 Å². The number of amides is 1. The van der Waals surface area contributed by atoms with E-state index in [1.54, 1.807) is 12.1 Å². The highest BCUT2D eigenvalue weighted by Gasteiger charge is 2.14. The average Bonchev–Trinajstić information content (AvgIpc) is 3.22. The highest BCUT2D eigenvalue weighted by molar-refractivity contribution is 6.33. The molecule has 4 rings (SSSR count). The van der Waals surface area contributed by atoms with E-state index in [-0.39, 0.29) is 12.5 Å². The Kier molecular flexibility index (Phi) is 6.47. The molecule has 0 saturated heterocycles. The van der Waals surface area contributed by atoms with E-state index in [1.165, 1.54) is 5.56 Å². The third-order valence-corrected chi connectivity index (χ3v) is 5.77. The molecule has 0 fully saturated rings. The van der Waals surface area contributed by atoms with Crippen molar-refractivity contribution in [1.29, 1.82) is 0 Å². The molecule has 1 atom stereocenters. The first-order valence-corrected chi connectivity index (χ1v) is 11.0. The van der Waals surface area contributed by atoms with E-state index in [0.29, 0.717) is 28.3 Å². The fourth-order valence-corrected chi connectivity index (χ4v) is 3.57. The van der Waals surface area contributed by atoms with Crippen LogP contribution in [0.2, 0.25) is 5.02 Å². The Morgan fingerprint density at radius 2 is 2.00 bits per heavy atom. The van der Waals surface area contributed by atoms with Gasteiger partial charge in [0.2, 0.25) is 5.89 Å². The average molecular weight is 449 g/mol. The number of aromatic nitrogens is 1. The second-order valence-electron chi connectivity index (χ2n) is 7.90. The van der Waals surface area contributed by atoms with Crippen molar-refractivity contribution in [3.63, 3.8) is 0 Å². The minimum Gasteiger partial charge on any atom is -0.484 e. The molecular formula is C26H25ClN2O3. The van der Waals surface area contributed by atoms with Crippen molar-refractivity contribution in [2.24, 2.45) is 0 Å². The zero-order chi connectivity index (χ0) is 22.7. The molecule has 1 N–H and O–H groups in total. The Morgan fingerprint density at radius 3 is 2.78 bits per heavy atom. The number of anilines is 1. The van der Waals surface area contributed by atoms with E-state index in [2.05, 4.69) is 36.3 Å². The Labute approximate surface area is 192 Å². The number of hydrogen-bond donors (Lipinski definition) is 1. The van der Waals surface area contributed by atoms with Gasteiger partial charge in [0.05, 0.1) is 10.7 Å². The number of hydrogen-bond acceptors (Lipinski definition) is 4. The molecule has 4 aromatic rings. The molecule has 1 heterocycles. The number of nitrogens with zero attached hydrogens (tertiary/aromatic N) is 1. The molecule has 5 nitrogen and oxygen atoms in total. The van der Waals surface area contributed by atoms with Gasteiger partial charge in [0.25, 0.3) is 5.91 Å². The molecule has 164 valence electrons. The smallest absolute Gasteiger partial charge is 0.262 e. The van der Waals surface area contributed by atoms with Crippen LogP contribution in [0.3, 0.4) is 0 Å². The number of rotatable bonds is 7. The maximum absolute atomic E-state index is 12.4. The third kappa shape index (κ3) is 4.94. The molecule has 3 aromatic carbocycles. The van der Waals surface area contributed by atoms with Crippen LogP contribution >= 0.6 is 11.6 Å². The largest absolute Gasteiger partial charge is 0.484 e. The van der Waals surface area contributed by atoms with Crippen LogP contribution in [0.25, 0.3) is 22.6 Å². The van der Waals surface area contributed by atoms with Gasteiger partial charge in [-0.1, -0.05) is 43.6 Å². The van der Waals surface area contributed by atoms with E-state index in [4.69, 9.17) is 20.8 Å². The lowest BCUT2D eigenvalue weighted by Crippen LogP contribution is -2.20. The molecule has 0 radical (unpaired) electrons. The second kappa shape index (κ2) is 9.45. The standard InChI is InChI=1S/C26H25ClN2O3/c1-4-17(3)18-9-11-24-23(13-18)29-26(32-24)19-8-10-21(27)22(14-19)28-25(30)15-31-20-7-5-6-16(2)12-20/h5-14,17H,4,15H2,1-3H3,(H,28,30)/t17-/m0/s1. The van der Waals surface area contributed by atoms with Gasteiger partial charge in [0.1, 0.15) is 11.3 Å². The fourth-order valence-electron chi connectivity index (χ4n) is 3.40. The topological polar surface area (TPSA) is 64.4 Å². The number of benzene rings is 3. The number of fused-ring (bicyclic) bond motifs is 1. The van der Waals surface area contributed by atoms with Crippen LogP contribution in [0.1, 0.15) is 37.3 Å². The summed E-state index contributed by atoms with van der Waals surface area (Å²) < 4.78 is 11.5. The Hall–Kier alpha value is -3.31. The molecule has 32 heavy (non-hydrogen) atoms. The van der Waals surface area contributed by atoms with E-state index in [9.17, 15) is 4.79 Å². The van der Waals surface area contributed by atoms with E-state index >= 15 is 0 Å². The highest BCUT2D eigenvalue weighted by atomic mass is 35.5. The number of aryl methyl sites for hydroxylation is 1. The molecular weight excluding hydrogens is 424 g/mol. The summed E-state index contributed by atoms with van der Waals surface area (Å²) in [4.78, 5) is 17.1. The molecule has 0 aliphatic heterocycles. The quantitative estimate of drug-likeness (QED) is 0.331. The lowest BCUT2D eigenvalue weighted by atomic mass is 9.98. The number of oxazole rings is 1. The summed E-state index contributed by atoms with van der Waals surface area (Å²) in [6.45, 7) is 6.21. The van der Waals surface area contributed by atoms with Gasteiger partial charge in [-0.25, -0.2) is 4.98 Å². The second-order valence-corrected chi connectivity index (χ2v) is 8.31. The van der Waals surface area contributed by atoms with Crippen LogP contribution < -0.4 is 10.1 Å². The van der Waals surface area contributed by atoms with Crippen LogP contribution in [-0.2, 0) is 4.79 Å². The normalized spacial score (nSPS) is 12.0. The lowest BCUT2D eigenvalue weighted by molar-refractivity contribution is -0.118. The maximum Gasteiger partial charge on any atom is 0.262 e. The SMILES string of the molecule is CC[C@H](C)c1ccc2oc(-c3ccc(Cl)c(NC(=O)COc4cccc(C)c4)c3)nc2c1. The number of carbonyl (C=O) groups excluding carboxylic acids is 1. The maximum atomic E-state index is 12.4. The third-order valence-electron chi connectivity index (χ3n) is 5.44. The molecule has 0 unspecified atom stereocenters. The van der Waals surface area contributed by atoms with Crippen molar-refractivity contribution in [3.05, 3.63) is 76.8 Å². The molecule has 1 amide bonds. The molecule has 0 bridgehead atoms. The van der Waals surface area contributed by atoms with Crippen molar-refractivity contribution in [2.75, 3.05) is 11.9 Å². The van der Waals surface area contributed by atoms with Crippen molar-refractivity contribution in [1.82, 2.24) is 4.98 Å². The van der Waals surface area contributed by atoms with Crippen LogP contribution in [0.5, 0.6) is 5.75 Å². The fraction of sp³-hybridized carbons (Fsp3) is 0.231. The van der Waals surface area contributed by atoms with Gasteiger partial charge in [-0.2, -0.15) is 0 Å². The van der Waals surface area contributed by atoms with Crippen molar-refractivity contribution < 1.29 is 13.9 Å². The Morgan fingerprint density at radius 1 is 1.16 bits per heavy atom. The van der Waals surface area contributed by atoms with E-state index in [0.717, 1.165) is 28.6 Å². The van der Waals surface area contributed by atoms with Gasteiger partial charge < -0.3 is 14.5 Å². The molecule has 0 aliphatic carbocycles. The summed E-state index contributed by atoms with van der Waals surface area (Å²) >= 11 is 6.31. The first-order chi connectivity index (χ1) is 15.4. The van der Waals surface area contributed by atoms with Gasteiger partial charge >= 0.3 is 0 Å². The first kappa shape index (κ1) is 21.9. The molecule has 0 spiro atoms. The number of nitrogens with one attached hydrogen (secondary N) is 1. The van der Waals surface area contributed by atoms with Crippen LogP contribution in [-0.4, -0.2) is 17.5 Å². The number of ether oxygens (including phenoxy) is 1. The van der Waals surface area contributed by atoms with Gasteiger partial charge in [-0.15, -0.1) is 0 Å². The predicted molar refractivity (Wildman–Crippen MR) is 128 cm³/mol. The number of carbonyl (C=O) groups is 1. The lowest BCUT2D eigenvalue weighted by Gasteiger charge is -2.10. The van der Waals surface area contributed by atoms with Crippen molar-refractivity contribution >= 4 is 34.3 Å². The summed E-state index contributed by atoms with van der Waals surface area (Å²) in [5, 5.41) is 3.23. The summed E-state index contributed by atoms with van der Waals surface area (Å²) in [5.41, 5.74) is 5.03. The molecule has 0 saturated carbocycles. The first-order valence-electron chi connectivity index (χ1n) is 10.6. The summed E-state index contributed by atoms with van der Waals surface area (Å²) in [6, 6.07) is 18.9. The van der Waals surface area contributed by atoms with E-state index in [1.807, 2.05) is 43.3 Å². The van der Waals surface area contributed by atoms with Crippen molar-refractivity contribution in [3.8, 4) is 17.2 Å². The number of halogens is 1. The zero-order valence-corrected chi connectivity index (χ0v) is 19.1. The Bertz CT molecular complexity index is 1270. The van der Waals surface area contributed by atoms with Crippen LogP contribution in [0.15, 0.2) is 65.1 Å². The Balaban J connectivity index is 1.51. The predicted octanol–water partition coefficient (Wildman–Crippen LogP) is 6.99. The summed E-state index contributed by atoms with van der Waals surface area (Å²) in [6.07, 6.45) is 1.06. The molecule has 6 heteroatoms. The van der Waals surface area contributed by atoms with E-state index < -0.39 is 0 Å². The minimum absolute atomic E-state index is 0.120. The monoisotopic (exact) mass is 448 g/mol. The molecule has 0 aliphatic rings. The van der Waals surface area contributed by atoms with Gasteiger partial charge in [-0.05, 0) is 72.9 Å². The summed E-state index contributed by atoms with van der Waals surface area (Å²) in [5.74, 6) is 1.27. The minimum atomic E-state index is -0.304. The zero-order valence-electron chi connectivity index (χ0n) is 18.3. The summed E-state index contributed by atoms with van der Waals surface area (Å²) in [7, 11) is 0. The van der Waals surface area contributed by atoms with Gasteiger partial charge in [0, 0.05) is 5.56 Å². The van der Waals surface area contributed by atoms with Gasteiger partial charge in [-0.3, -0.25) is 4.79 Å². The molecule has 1 aromatic heterocycles. The van der Waals surface area contributed by atoms with Crippen LogP contribution in [0, 0.1) is 6.92 Å². The van der Waals surface area contributed by atoms with Crippen molar-refractivity contribution in [2.45, 2.75) is 33.1 Å². The van der Waals surface area contributed by atoms with Crippen LogP contribution in [0.4, 0.5) is 5.69 Å². The highest BCUT2D eigenvalue weighted by Crippen LogP contribution is 2.31.